The van der Waals surface area contributed by atoms with Crippen LogP contribution in [0.2, 0.25) is 0 Å². The molecule has 1 aromatic heterocycles. The van der Waals surface area contributed by atoms with E-state index >= 15 is 0 Å². The van der Waals surface area contributed by atoms with Crippen LogP contribution in [-0.2, 0) is 6.42 Å². The second-order valence-electron chi connectivity index (χ2n) is 7.28. The number of hydrogen-bond acceptors (Lipinski definition) is 4. The molecule has 3 aromatic carbocycles. The third-order valence-electron chi connectivity index (χ3n) is 5.09. The van der Waals surface area contributed by atoms with Crippen molar-refractivity contribution in [3.05, 3.63) is 104 Å². The highest BCUT2D eigenvalue weighted by Gasteiger charge is 2.20. The van der Waals surface area contributed by atoms with Gasteiger partial charge >= 0.3 is 0 Å². The summed E-state index contributed by atoms with van der Waals surface area (Å²) in [7, 11) is 0. The zero-order chi connectivity index (χ0) is 21.3. The lowest BCUT2D eigenvalue weighted by molar-refractivity contribution is -0.384. The second kappa shape index (κ2) is 8.08. The van der Waals surface area contributed by atoms with Crippen molar-refractivity contribution in [2.45, 2.75) is 20.3 Å². The molecule has 30 heavy (non-hydrogen) atoms. The van der Waals surface area contributed by atoms with Gasteiger partial charge in [-0.2, -0.15) is 0 Å². The van der Waals surface area contributed by atoms with Gasteiger partial charge in [0.05, 0.1) is 15.5 Å². The van der Waals surface area contributed by atoms with Gasteiger partial charge in [0, 0.05) is 16.8 Å². The van der Waals surface area contributed by atoms with Gasteiger partial charge in [0.25, 0.3) is 11.6 Å². The van der Waals surface area contributed by atoms with Gasteiger partial charge in [0.1, 0.15) is 0 Å². The molecule has 4 aromatic rings. The van der Waals surface area contributed by atoms with Crippen LogP contribution in [-0.4, -0.2) is 10.8 Å². The Morgan fingerprint density at radius 2 is 1.77 bits per heavy atom. The van der Waals surface area contributed by atoms with Crippen LogP contribution in [0.5, 0.6) is 0 Å². The van der Waals surface area contributed by atoms with Gasteiger partial charge in [-0.1, -0.05) is 54.1 Å². The van der Waals surface area contributed by atoms with Gasteiger partial charge in [-0.3, -0.25) is 14.9 Å². The summed E-state index contributed by atoms with van der Waals surface area (Å²) in [5, 5.41) is 15.1. The molecular weight excluding hydrogens is 396 g/mol. The average Bonchev–Trinajstić information content (AvgIpc) is 3.10. The van der Waals surface area contributed by atoms with Crippen molar-refractivity contribution in [1.29, 1.82) is 0 Å². The number of thiophene rings is 1. The standard InChI is InChI=1S/C24H20N2O3S/c1-15-7-10-17(11-8-15)13-20-19-5-3-4-6-22(19)30-23(20)24(27)25-21-14-18(26(28)29)12-9-16(21)2/h3-12,14H,13H2,1-2H3,(H,25,27). The van der Waals surface area contributed by atoms with E-state index in [-0.39, 0.29) is 11.6 Å². The summed E-state index contributed by atoms with van der Waals surface area (Å²) in [6.07, 6.45) is 0.640. The highest BCUT2D eigenvalue weighted by atomic mass is 32.1. The Balaban J connectivity index is 1.73. The van der Waals surface area contributed by atoms with Gasteiger partial charge in [-0.25, -0.2) is 0 Å². The van der Waals surface area contributed by atoms with E-state index in [2.05, 4.69) is 29.6 Å². The first-order chi connectivity index (χ1) is 14.4. The Morgan fingerprint density at radius 1 is 1.03 bits per heavy atom. The summed E-state index contributed by atoms with van der Waals surface area (Å²) in [5.41, 5.74) is 4.47. The predicted octanol–water partition coefficient (Wildman–Crippen LogP) is 6.27. The van der Waals surface area contributed by atoms with Crippen molar-refractivity contribution in [3.8, 4) is 0 Å². The number of nitrogens with zero attached hydrogens (tertiary/aromatic N) is 1. The van der Waals surface area contributed by atoms with Crippen LogP contribution < -0.4 is 5.32 Å². The van der Waals surface area contributed by atoms with E-state index in [9.17, 15) is 14.9 Å². The first-order valence-electron chi connectivity index (χ1n) is 9.54. The molecule has 1 N–H and O–H groups in total. The summed E-state index contributed by atoms with van der Waals surface area (Å²) >= 11 is 1.44. The minimum atomic E-state index is -0.461. The van der Waals surface area contributed by atoms with Gasteiger partial charge in [0.15, 0.2) is 0 Å². The van der Waals surface area contributed by atoms with E-state index in [1.807, 2.05) is 38.1 Å². The zero-order valence-electron chi connectivity index (χ0n) is 16.6. The number of carbonyl (C=O) groups excluding carboxylic acids is 1. The number of nitrogens with one attached hydrogen (secondary N) is 1. The number of amides is 1. The molecule has 1 heterocycles. The second-order valence-corrected chi connectivity index (χ2v) is 8.33. The van der Waals surface area contributed by atoms with E-state index in [4.69, 9.17) is 0 Å². The Labute approximate surface area is 178 Å². The number of fused-ring (bicyclic) bond motifs is 1. The number of nitro groups is 1. The third-order valence-corrected chi connectivity index (χ3v) is 6.30. The molecule has 0 atom stereocenters. The number of anilines is 1. The molecule has 150 valence electrons. The van der Waals surface area contributed by atoms with Crippen LogP contribution in [0, 0.1) is 24.0 Å². The van der Waals surface area contributed by atoms with Crippen LogP contribution in [0.15, 0.2) is 66.7 Å². The number of hydrogen-bond donors (Lipinski definition) is 1. The Hall–Kier alpha value is -3.51. The fourth-order valence-corrected chi connectivity index (χ4v) is 4.52. The highest BCUT2D eigenvalue weighted by molar-refractivity contribution is 7.21. The fourth-order valence-electron chi connectivity index (χ4n) is 3.41. The van der Waals surface area contributed by atoms with Crippen molar-refractivity contribution in [2.24, 2.45) is 0 Å². The molecule has 0 bridgehead atoms. The maximum atomic E-state index is 13.2. The molecule has 0 aliphatic carbocycles. The third kappa shape index (κ3) is 3.95. The predicted molar refractivity (Wildman–Crippen MR) is 122 cm³/mol. The summed E-state index contributed by atoms with van der Waals surface area (Å²) < 4.78 is 1.04. The topological polar surface area (TPSA) is 72.2 Å². The zero-order valence-corrected chi connectivity index (χ0v) is 17.5. The monoisotopic (exact) mass is 416 g/mol. The van der Waals surface area contributed by atoms with Crippen molar-refractivity contribution < 1.29 is 9.72 Å². The lowest BCUT2D eigenvalue weighted by Crippen LogP contribution is -2.13. The minimum Gasteiger partial charge on any atom is -0.321 e. The molecule has 0 aliphatic heterocycles. The molecule has 0 radical (unpaired) electrons. The number of nitro benzene ring substituents is 1. The van der Waals surface area contributed by atoms with Crippen molar-refractivity contribution in [3.63, 3.8) is 0 Å². The van der Waals surface area contributed by atoms with Crippen molar-refractivity contribution in [1.82, 2.24) is 0 Å². The normalized spacial score (nSPS) is 10.9. The quantitative estimate of drug-likeness (QED) is 0.308. The molecule has 0 spiro atoms. The van der Waals surface area contributed by atoms with E-state index in [1.165, 1.54) is 29.0 Å². The maximum Gasteiger partial charge on any atom is 0.271 e. The van der Waals surface area contributed by atoms with Gasteiger partial charge < -0.3 is 5.32 Å². The van der Waals surface area contributed by atoms with Gasteiger partial charge in [-0.15, -0.1) is 11.3 Å². The Bertz CT molecular complexity index is 1260. The molecular formula is C24H20N2O3S. The molecule has 4 rings (SSSR count). The average molecular weight is 417 g/mol. The highest BCUT2D eigenvalue weighted by Crippen LogP contribution is 2.34. The number of aryl methyl sites for hydroxylation is 2. The number of carbonyl (C=O) groups is 1. The van der Waals surface area contributed by atoms with Crippen molar-refractivity contribution in [2.75, 3.05) is 5.32 Å². The van der Waals surface area contributed by atoms with Crippen LogP contribution in [0.4, 0.5) is 11.4 Å². The molecule has 0 aliphatic rings. The van der Waals surface area contributed by atoms with Crippen molar-refractivity contribution >= 4 is 38.7 Å². The maximum absolute atomic E-state index is 13.2. The largest absolute Gasteiger partial charge is 0.321 e. The molecule has 1 amide bonds. The summed E-state index contributed by atoms with van der Waals surface area (Å²) in [6, 6.07) is 20.7. The molecule has 0 saturated carbocycles. The summed E-state index contributed by atoms with van der Waals surface area (Å²) in [4.78, 5) is 24.5. The molecule has 6 heteroatoms. The first-order valence-corrected chi connectivity index (χ1v) is 10.4. The van der Waals surface area contributed by atoms with Crippen LogP contribution >= 0.6 is 11.3 Å². The van der Waals surface area contributed by atoms with Crippen LogP contribution in [0.1, 0.15) is 31.9 Å². The molecule has 0 fully saturated rings. The van der Waals surface area contributed by atoms with E-state index in [0.717, 1.165) is 26.8 Å². The first kappa shape index (κ1) is 19.8. The van der Waals surface area contributed by atoms with E-state index in [1.54, 1.807) is 6.07 Å². The molecule has 0 saturated heterocycles. The Kier molecular flexibility index (Phi) is 5.33. The van der Waals surface area contributed by atoms with E-state index in [0.29, 0.717) is 17.0 Å². The van der Waals surface area contributed by atoms with E-state index < -0.39 is 4.92 Å². The number of benzene rings is 3. The number of non-ortho nitro benzene ring substituents is 1. The fraction of sp³-hybridized carbons (Fsp3) is 0.125. The summed E-state index contributed by atoms with van der Waals surface area (Å²) in [6.45, 7) is 3.86. The van der Waals surface area contributed by atoms with Gasteiger partial charge in [-0.05, 0) is 48.4 Å². The summed E-state index contributed by atoms with van der Waals surface area (Å²) in [5.74, 6) is -0.248. The van der Waals surface area contributed by atoms with Gasteiger partial charge in [0.2, 0.25) is 0 Å². The minimum absolute atomic E-state index is 0.0490. The lowest BCUT2D eigenvalue weighted by Gasteiger charge is -2.09. The SMILES string of the molecule is Cc1ccc(Cc2c(C(=O)Nc3cc([N+](=O)[O-])ccc3C)sc3ccccc23)cc1. The van der Waals surface area contributed by atoms with Crippen LogP contribution in [0.25, 0.3) is 10.1 Å². The van der Waals surface area contributed by atoms with Crippen LogP contribution in [0.3, 0.4) is 0 Å². The lowest BCUT2D eigenvalue weighted by atomic mass is 10.0. The molecule has 0 unspecified atom stereocenters. The Morgan fingerprint density at radius 3 is 2.50 bits per heavy atom. The number of rotatable bonds is 5. The molecule has 5 nitrogen and oxygen atoms in total. The smallest absolute Gasteiger partial charge is 0.271 e.